The second-order valence-corrected chi connectivity index (χ2v) is 6.38. The van der Waals surface area contributed by atoms with Gasteiger partial charge in [0.25, 0.3) is 5.91 Å². The molecule has 24 heavy (non-hydrogen) atoms. The SMILES string of the molecule is COc1ccc(C(=O)N2CCN(CC(=O)N3CCCC3)CC2)cc1. The molecule has 1 aromatic rings. The summed E-state index contributed by atoms with van der Waals surface area (Å²) >= 11 is 0. The van der Waals surface area contributed by atoms with Gasteiger partial charge in [0.2, 0.25) is 5.91 Å². The Labute approximate surface area is 143 Å². The van der Waals surface area contributed by atoms with Crippen LogP contribution in [0.3, 0.4) is 0 Å². The zero-order valence-corrected chi connectivity index (χ0v) is 14.2. The van der Waals surface area contributed by atoms with Gasteiger partial charge in [0.15, 0.2) is 0 Å². The number of methoxy groups -OCH3 is 1. The number of benzene rings is 1. The Morgan fingerprint density at radius 1 is 0.917 bits per heavy atom. The van der Waals surface area contributed by atoms with Crippen LogP contribution in [0.25, 0.3) is 0 Å². The summed E-state index contributed by atoms with van der Waals surface area (Å²) in [4.78, 5) is 30.7. The number of carbonyl (C=O) groups excluding carboxylic acids is 2. The number of ether oxygens (including phenoxy) is 1. The van der Waals surface area contributed by atoms with Crippen LogP contribution in [0.15, 0.2) is 24.3 Å². The third-order valence-corrected chi connectivity index (χ3v) is 4.81. The monoisotopic (exact) mass is 331 g/mol. The van der Waals surface area contributed by atoms with E-state index in [1.807, 2.05) is 9.80 Å². The average molecular weight is 331 g/mol. The van der Waals surface area contributed by atoms with Gasteiger partial charge in [-0.05, 0) is 37.1 Å². The second-order valence-electron chi connectivity index (χ2n) is 6.38. The number of amides is 2. The maximum Gasteiger partial charge on any atom is 0.253 e. The highest BCUT2D eigenvalue weighted by atomic mass is 16.5. The van der Waals surface area contributed by atoms with Crippen molar-refractivity contribution >= 4 is 11.8 Å². The first-order valence-corrected chi connectivity index (χ1v) is 8.61. The van der Waals surface area contributed by atoms with E-state index in [2.05, 4.69) is 4.90 Å². The molecule has 0 aliphatic carbocycles. The molecular weight excluding hydrogens is 306 g/mol. The summed E-state index contributed by atoms with van der Waals surface area (Å²) in [6, 6.07) is 7.20. The van der Waals surface area contributed by atoms with Crippen molar-refractivity contribution in [3.05, 3.63) is 29.8 Å². The third-order valence-electron chi connectivity index (χ3n) is 4.81. The van der Waals surface area contributed by atoms with Crippen LogP contribution in [-0.4, -0.2) is 79.4 Å². The maximum atomic E-state index is 12.5. The molecule has 6 heteroatoms. The molecule has 0 unspecified atom stereocenters. The fourth-order valence-corrected chi connectivity index (χ4v) is 3.28. The van der Waals surface area contributed by atoms with Crippen molar-refractivity contribution in [3.8, 4) is 5.75 Å². The van der Waals surface area contributed by atoms with Crippen molar-refractivity contribution in [1.82, 2.24) is 14.7 Å². The van der Waals surface area contributed by atoms with Crippen LogP contribution in [0, 0.1) is 0 Å². The lowest BCUT2D eigenvalue weighted by molar-refractivity contribution is -0.131. The Morgan fingerprint density at radius 3 is 2.12 bits per heavy atom. The molecule has 130 valence electrons. The van der Waals surface area contributed by atoms with Gasteiger partial charge >= 0.3 is 0 Å². The molecule has 0 radical (unpaired) electrons. The van der Waals surface area contributed by atoms with E-state index in [0.29, 0.717) is 25.2 Å². The number of piperazine rings is 1. The van der Waals surface area contributed by atoms with Crippen LogP contribution in [0.5, 0.6) is 5.75 Å². The Bertz CT molecular complexity index is 574. The molecular formula is C18H25N3O3. The smallest absolute Gasteiger partial charge is 0.253 e. The molecule has 2 heterocycles. The zero-order chi connectivity index (χ0) is 16.9. The van der Waals surface area contributed by atoms with E-state index < -0.39 is 0 Å². The summed E-state index contributed by atoms with van der Waals surface area (Å²) in [5, 5.41) is 0. The number of likely N-dealkylation sites (tertiary alicyclic amines) is 1. The van der Waals surface area contributed by atoms with Gasteiger partial charge in [0, 0.05) is 44.8 Å². The van der Waals surface area contributed by atoms with Gasteiger partial charge in [-0.3, -0.25) is 14.5 Å². The van der Waals surface area contributed by atoms with Crippen LogP contribution in [0.1, 0.15) is 23.2 Å². The van der Waals surface area contributed by atoms with E-state index in [1.165, 1.54) is 0 Å². The summed E-state index contributed by atoms with van der Waals surface area (Å²) in [5.74, 6) is 1.02. The fraction of sp³-hybridized carbons (Fsp3) is 0.556. The molecule has 2 aliphatic heterocycles. The van der Waals surface area contributed by atoms with Crippen LogP contribution >= 0.6 is 0 Å². The highest BCUT2D eigenvalue weighted by Crippen LogP contribution is 2.15. The maximum absolute atomic E-state index is 12.5. The Balaban J connectivity index is 1.48. The summed E-state index contributed by atoms with van der Waals surface area (Å²) in [5.41, 5.74) is 0.678. The quantitative estimate of drug-likeness (QED) is 0.828. The molecule has 0 spiro atoms. The Morgan fingerprint density at radius 2 is 1.54 bits per heavy atom. The van der Waals surface area contributed by atoms with Gasteiger partial charge in [0.05, 0.1) is 13.7 Å². The standard InChI is InChI=1S/C18H25N3O3/c1-24-16-6-4-15(5-7-16)18(23)21-12-10-19(11-13-21)14-17(22)20-8-2-3-9-20/h4-7H,2-3,8-14H2,1H3. The van der Waals surface area contributed by atoms with Gasteiger partial charge in [-0.15, -0.1) is 0 Å². The topological polar surface area (TPSA) is 53.1 Å². The molecule has 6 nitrogen and oxygen atoms in total. The van der Waals surface area contributed by atoms with E-state index in [9.17, 15) is 9.59 Å². The highest BCUT2D eigenvalue weighted by Gasteiger charge is 2.25. The lowest BCUT2D eigenvalue weighted by Crippen LogP contribution is -2.51. The van der Waals surface area contributed by atoms with Crippen LogP contribution < -0.4 is 4.74 Å². The van der Waals surface area contributed by atoms with Crippen molar-refractivity contribution < 1.29 is 14.3 Å². The van der Waals surface area contributed by atoms with Gasteiger partial charge < -0.3 is 14.5 Å². The lowest BCUT2D eigenvalue weighted by Gasteiger charge is -2.35. The number of carbonyl (C=O) groups is 2. The summed E-state index contributed by atoms with van der Waals surface area (Å²) in [7, 11) is 1.61. The molecule has 2 fully saturated rings. The summed E-state index contributed by atoms with van der Waals surface area (Å²) < 4.78 is 5.12. The largest absolute Gasteiger partial charge is 0.497 e. The minimum Gasteiger partial charge on any atom is -0.497 e. The first-order chi connectivity index (χ1) is 11.7. The van der Waals surface area contributed by atoms with Gasteiger partial charge in [-0.2, -0.15) is 0 Å². The molecule has 2 saturated heterocycles. The molecule has 2 amide bonds. The number of hydrogen-bond donors (Lipinski definition) is 0. The average Bonchev–Trinajstić information content (AvgIpc) is 3.17. The van der Waals surface area contributed by atoms with Crippen LogP contribution in [0.2, 0.25) is 0 Å². The Kier molecular flexibility index (Phi) is 5.35. The number of hydrogen-bond acceptors (Lipinski definition) is 4. The van der Waals surface area contributed by atoms with Crippen molar-refractivity contribution in [2.45, 2.75) is 12.8 Å². The molecule has 0 bridgehead atoms. The molecule has 0 N–H and O–H groups in total. The first kappa shape index (κ1) is 16.8. The van der Waals surface area contributed by atoms with Gasteiger partial charge in [0.1, 0.15) is 5.75 Å². The van der Waals surface area contributed by atoms with Crippen LogP contribution in [-0.2, 0) is 4.79 Å². The van der Waals surface area contributed by atoms with E-state index in [0.717, 1.165) is 44.8 Å². The van der Waals surface area contributed by atoms with Crippen molar-refractivity contribution in [3.63, 3.8) is 0 Å². The van der Waals surface area contributed by atoms with E-state index in [1.54, 1.807) is 31.4 Å². The minimum absolute atomic E-state index is 0.0446. The molecule has 0 aromatic heterocycles. The molecule has 1 aromatic carbocycles. The van der Waals surface area contributed by atoms with Gasteiger partial charge in [-0.1, -0.05) is 0 Å². The van der Waals surface area contributed by atoms with Gasteiger partial charge in [-0.25, -0.2) is 0 Å². The predicted octanol–water partition coefficient (Wildman–Crippen LogP) is 1.08. The van der Waals surface area contributed by atoms with Crippen molar-refractivity contribution in [2.75, 3.05) is 52.9 Å². The summed E-state index contributed by atoms with van der Waals surface area (Å²) in [6.45, 7) is 5.10. The third kappa shape index (κ3) is 3.87. The minimum atomic E-state index is 0.0446. The van der Waals surface area contributed by atoms with Crippen molar-refractivity contribution in [2.24, 2.45) is 0 Å². The second kappa shape index (κ2) is 7.66. The Hall–Kier alpha value is -2.08. The fourth-order valence-electron chi connectivity index (χ4n) is 3.28. The normalized spacial score (nSPS) is 18.7. The molecule has 3 rings (SSSR count). The zero-order valence-electron chi connectivity index (χ0n) is 14.2. The van der Waals surface area contributed by atoms with E-state index >= 15 is 0 Å². The number of rotatable bonds is 4. The van der Waals surface area contributed by atoms with Crippen molar-refractivity contribution in [1.29, 1.82) is 0 Å². The molecule has 0 saturated carbocycles. The highest BCUT2D eigenvalue weighted by molar-refractivity contribution is 5.94. The van der Waals surface area contributed by atoms with E-state index in [4.69, 9.17) is 4.74 Å². The number of nitrogens with zero attached hydrogens (tertiary/aromatic N) is 3. The molecule has 2 aliphatic rings. The summed E-state index contributed by atoms with van der Waals surface area (Å²) in [6.07, 6.45) is 2.24. The van der Waals surface area contributed by atoms with Crippen LogP contribution in [0.4, 0.5) is 0 Å². The predicted molar refractivity (Wildman–Crippen MR) is 91.2 cm³/mol. The first-order valence-electron chi connectivity index (χ1n) is 8.61. The molecule has 0 atom stereocenters. The van der Waals surface area contributed by atoms with E-state index in [-0.39, 0.29) is 11.8 Å². The lowest BCUT2D eigenvalue weighted by atomic mass is 10.1.